The number of alkyl halides is 3. The Labute approximate surface area is 190 Å². The Morgan fingerprint density at radius 2 is 1.61 bits per heavy atom. The van der Waals surface area contributed by atoms with Crippen LogP contribution >= 0.6 is 0 Å². The van der Waals surface area contributed by atoms with Gasteiger partial charge in [0, 0.05) is 25.8 Å². The van der Waals surface area contributed by atoms with Crippen molar-refractivity contribution in [2.24, 2.45) is 0 Å². The summed E-state index contributed by atoms with van der Waals surface area (Å²) in [5.74, 6) is -0.512. The monoisotopic (exact) mass is 457 g/mol. The van der Waals surface area contributed by atoms with Crippen LogP contribution in [0.1, 0.15) is 27.0 Å². The zero-order chi connectivity index (χ0) is 24.0. The number of pyridine rings is 1. The minimum atomic E-state index is -4.47. The highest BCUT2D eigenvalue weighted by Gasteiger charge is 2.30. The largest absolute Gasteiger partial charge is 0.416 e. The summed E-state index contributed by atoms with van der Waals surface area (Å²) in [6.07, 6.45) is -2.86. The minimum absolute atomic E-state index is 0.0147. The van der Waals surface area contributed by atoms with Gasteiger partial charge in [0.2, 0.25) is 0 Å². The molecule has 3 aromatic rings. The number of amides is 1. The van der Waals surface area contributed by atoms with E-state index in [4.69, 9.17) is 0 Å². The summed E-state index contributed by atoms with van der Waals surface area (Å²) in [5.41, 5.74) is 0.0319. The Bertz CT molecular complexity index is 1140. The second kappa shape index (κ2) is 10.5. The van der Waals surface area contributed by atoms with Crippen LogP contribution in [0.4, 0.5) is 13.2 Å². The van der Waals surface area contributed by atoms with E-state index in [0.717, 1.165) is 17.7 Å². The van der Waals surface area contributed by atoms with E-state index in [0.29, 0.717) is 18.7 Å². The summed E-state index contributed by atoms with van der Waals surface area (Å²) in [6, 6.07) is 17.4. The number of carbonyl (C=O) groups excluding carboxylic acids is 1. The van der Waals surface area contributed by atoms with Crippen molar-refractivity contribution in [2.75, 3.05) is 27.2 Å². The van der Waals surface area contributed by atoms with Gasteiger partial charge in [-0.1, -0.05) is 42.5 Å². The Morgan fingerprint density at radius 3 is 2.27 bits per heavy atom. The van der Waals surface area contributed by atoms with E-state index in [-0.39, 0.29) is 18.7 Å². The average molecular weight is 457 g/mol. The third kappa shape index (κ3) is 6.55. The molecule has 5 nitrogen and oxygen atoms in total. The maximum atomic E-state index is 13.3. The van der Waals surface area contributed by atoms with Crippen LogP contribution in [0.15, 0.2) is 77.7 Å². The first-order valence-electron chi connectivity index (χ1n) is 10.5. The number of carbonyl (C=O) groups is 1. The van der Waals surface area contributed by atoms with Gasteiger partial charge < -0.3 is 14.4 Å². The molecule has 0 unspecified atom stereocenters. The molecule has 0 saturated carbocycles. The summed E-state index contributed by atoms with van der Waals surface area (Å²) in [5, 5.41) is 0. The highest BCUT2D eigenvalue weighted by Crippen LogP contribution is 2.29. The summed E-state index contributed by atoms with van der Waals surface area (Å²) < 4.78 is 40.8. The number of halogens is 3. The highest BCUT2D eigenvalue weighted by atomic mass is 19.4. The minimum Gasteiger partial charge on any atom is -0.333 e. The predicted molar refractivity (Wildman–Crippen MR) is 121 cm³/mol. The number of hydrogen-bond acceptors (Lipinski definition) is 3. The molecule has 0 aliphatic rings. The van der Waals surface area contributed by atoms with Crippen molar-refractivity contribution < 1.29 is 18.0 Å². The maximum absolute atomic E-state index is 13.3. The van der Waals surface area contributed by atoms with Crippen LogP contribution in [0.5, 0.6) is 0 Å². The second-order valence-electron chi connectivity index (χ2n) is 8.07. The fraction of sp³-hybridized carbons (Fsp3) is 0.280. The Hall–Kier alpha value is -3.39. The molecule has 1 aromatic heterocycles. The van der Waals surface area contributed by atoms with Crippen molar-refractivity contribution in [2.45, 2.75) is 19.3 Å². The number of benzene rings is 2. The molecule has 0 fully saturated rings. The molecule has 174 valence electrons. The van der Waals surface area contributed by atoms with Crippen LogP contribution in [-0.4, -0.2) is 47.5 Å². The molecule has 8 heteroatoms. The van der Waals surface area contributed by atoms with Gasteiger partial charge in [0.05, 0.1) is 12.1 Å². The van der Waals surface area contributed by atoms with Crippen LogP contribution < -0.4 is 5.56 Å². The van der Waals surface area contributed by atoms with Crippen molar-refractivity contribution in [1.82, 2.24) is 14.4 Å². The number of hydrogen-bond donors (Lipinski definition) is 0. The molecule has 1 amide bonds. The van der Waals surface area contributed by atoms with Gasteiger partial charge in [0.15, 0.2) is 0 Å². The fourth-order valence-corrected chi connectivity index (χ4v) is 3.41. The van der Waals surface area contributed by atoms with Gasteiger partial charge >= 0.3 is 6.18 Å². The molecule has 0 spiro atoms. The van der Waals surface area contributed by atoms with Crippen LogP contribution in [0, 0.1) is 0 Å². The first-order valence-corrected chi connectivity index (χ1v) is 10.5. The van der Waals surface area contributed by atoms with Gasteiger partial charge in [-0.05, 0) is 49.5 Å². The summed E-state index contributed by atoms with van der Waals surface area (Å²) in [6.45, 7) is 1.03. The molecular weight excluding hydrogens is 431 g/mol. The van der Waals surface area contributed by atoms with E-state index in [1.165, 1.54) is 21.6 Å². The topological polar surface area (TPSA) is 45.5 Å². The quantitative estimate of drug-likeness (QED) is 0.511. The lowest BCUT2D eigenvalue weighted by atomic mass is 10.1. The van der Waals surface area contributed by atoms with E-state index < -0.39 is 23.2 Å². The van der Waals surface area contributed by atoms with E-state index in [1.807, 2.05) is 49.3 Å². The molecule has 0 N–H and O–H groups in total. The van der Waals surface area contributed by atoms with Gasteiger partial charge in [-0.15, -0.1) is 0 Å². The fourth-order valence-electron chi connectivity index (χ4n) is 3.41. The van der Waals surface area contributed by atoms with Crippen LogP contribution in [0.3, 0.4) is 0 Å². The van der Waals surface area contributed by atoms with Gasteiger partial charge in [0.25, 0.3) is 11.5 Å². The van der Waals surface area contributed by atoms with Crippen molar-refractivity contribution in [1.29, 1.82) is 0 Å². The van der Waals surface area contributed by atoms with E-state index in [2.05, 4.69) is 0 Å². The van der Waals surface area contributed by atoms with Gasteiger partial charge in [0.1, 0.15) is 5.56 Å². The number of aromatic nitrogens is 1. The molecule has 0 aliphatic heterocycles. The van der Waals surface area contributed by atoms with Gasteiger partial charge in [-0.25, -0.2) is 0 Å². The molecule has 1 heterocycles. The number of nitrogens with zero attached hydrogens (tertiary/aromatic N) is 3. The normalized spacial score (nSPS) is 11.6. The Balaban J connectivity index is 1.89. The van der Waals surface area contributed by atoms with Crippen molar-refractivity contribution >= 4 is 5.91 Å². The number of rotatable bonds is 8. The molecule has 0 atom stereocenters. The lowest BCUT2D eigenvalue weighted by Crippen LogP contribution is -2.39. The SMILES string of the molecule is CN(C)CCN(Cc1cccc(C(F)(F)F)c1)C(=O)c1cccn(Cc2ccccc2)c1=O. The third-order valence-electron chi connectivity index (χ3n) is 5.18. The molecule has 3 rings (SSSR count). The lowest BCUT2D eigenvalue weighted by molar-refractivity contribution is -0.137. The average Bonchev–Trinajstić information content (AvgIpc) is 2.78. The molecule has 0 saturated heterocycles. The smallest absolute Gasteiger partial charge is 0.333 e. The summed E-state index contributed by atoms with van der Waals surface area (Å²) in [7, 11) is 3.67. The molecule has 33 heavy (non-hydrogen) atoms. The van der Waals surface area contributed by atoms with E-state index in [9.17, 15) is 22.8 Å². The molecule has 2 aromatic carbocycles. The van der Waals surface area contributed by atoms with Gasteiger partial charge in [-0.2, -0.15) is 13.2 Å². The van der Waals surface area contributed by atoms with Crippen molar-refractivity contribution in [3.8, 4) is 0 Å². The first-order chi connectivity index (χ1) is 15.6. The number of likely N-dealkylation sites (N-methyl/N-ethyl adjacent to an activating group) is 1. The first kappa shape index (κ1) is 24.3. The zero-order valence-electron chi connectivity index (χ0n) is 18.5. The molecule has 0 bridgehead atoms. The molecule has 0 aliphatic carbocycles. The molecular formula is C25H26F3N3O2. The maximum Gasteiger partial charge on any atom is 0.416 e. The van der Waals surface area contributed by atoms with Gasteiger partial charge in [-0.3, -0.25) is 9.59 Å². The van der Waals surface area contributed by atoms with Crippen molar-refractivity contribution in [3.63, 3.8) is 0 Å². The van der Waals surface area contributed by atoms with E-state index >= 15 is 0 Å². The summed E-state index contributed by atoms with van der Waals surface area (Å²) in [4.78, 5) is 29.7. The molecule has 0 radical (unpaired) electrons. The zero-order valence-corrected chi connectivity index (χ0v) is 18.5. The lowest BCUT2D eigenvalue weighted by Gasteiger charge is -2.25. The van der Waals surface area contributed by atoms with Crippen LogP contribution in [-0.2, 0) is 19.3 Å². The standard InChI is InChI=1S/C25H26F3N3O2/c1-29(2)14-15-31(18-20-10-6-11-21(16-20)25(26,27)28)24(33)22-12-7-13-30(23(22)32)17-19-8-4-3-5-9-19/h3-13,16H,14-15,17-18H2,1-2H3. The highest BCUT2D eigenvalue weighted by molar-refractivity contribution is 5.93. The Kier molecular flexibility index (Phi) is 7.71. The van der Waals surface area contributed by atoms with Crippen LogP contribution in [0.2, 0.25) is 0 Å². The van der Waals surface area contributed by atoms with Crippen molar-refractivity contribution in [3.05, 3.63) is 106 Å². The van der Waals surface area contributed by atoms with Crippen LogP contribution in [0.25, 0.3) is 0 Å². The predicted octanol–water partition coefficient (Wildman–Crippen LogP) is 4.12. The second-order valence-corrected chi connectivity index (χ2v) is 8.07. The summed E-state index contributed by atoms with van der Waals surface area (Å²) >= 11 is 0. The van der Waals surface area contributed by atoms with E-state index in [1.54, 1.807) is 18.3 Å². The third-order valence-corrected chi connectivity index (χ3v) is 5.18. The Morgan fingerprint density at radius 1 is 0.909 bits per heavy atom.